The Kier molecular flexibility index (Phi) is 7.08. The van der Waals surface area contributed by atoms with Crippen molar-refractivity contribution in [2.75, 3.05) is 12.4 Å². The summed E-state index contributed by atoms with van der Waals surface area (Å²) in [6.07, 6.45) is -4.28. The van der Waals surface area contributed by atoms with Crippen LogP contribution in [0.3, 0.4) is 0 Å². The lowest BCUT2D eigenvalue weighted by molar-refractivity contribution is -0.192. The summed E-state index contributed by atoms with van der Waals surface area (Å²) in [5.41, 5.74) is 6.68. The van der Waals surface area contributed by atoms with Gasteiger partial charge in [-0.25, -0.2) is 9.59 Å². The van der Waals surface area contributed by atoms with Gasteiger partial charge in [0, 0.05) is 10.6 Å². The fraction of sp³-hybridized carbons (Fsp3) is 0.462. The third-order valence-electron chi connectivity index (χ3n) is 2.77. The lowest BCUT2D eigenvalue weighted by Crippen LogP contribution is -2.21. The Morgan fingerprint density at radius 2 is 1.92 bits per heavy atom. The molecular formula is C13H14F3NO5S2. The maximum atomic E-state index is 11.9. The number of primary amides is 1. The number of halogens is 3. The molecule has 0 aliphatic carbocycles. The number of carbonyl (C=O) groups is 3. The molecule has 1 aliphatic rings. The Hall–Kier alpha value is -1.75. The summed E-state index contributed by atoms with van der Waals surface area (Å²) in [6.45, 7) is 2.05. The quantitative estimate of drug-likeness (QED) is 0.774. The van der Waals surface area contributed by atoms with Crippen LogP contribution in [0.15, 0.2) is 0 Å². The molecule has 0 aromatic carbocycles. The van der Waals surface area contributed by atoms with E-state index in [1.807, 2.05) is 0 Å². The second-order valence-electron chi connectivity index (χ2n) is 4.40. The number of hydrogen-bond donors (Lipinski definition) is 2. The molecule has 1 aromatic rings. The molecule has 0 bridgehead atoms. The van der Waals surface area contributed by atoms with Gasteiger partial charge in [0.15, 0.2) is 0 Å². The standard InChI is InChI=1S/C11H13NO3S2.C2HF3O2/c1-2-15-11(14)8-6-3-4-16-5-7(6)17-9(8)10(12)13;3-2(4,5)1(6)7/h2-5H2,1H3,(H2,12,13);(H,6,7). The number of carboxylic acids is 1. The number of amides is 1. The molecule has 0 unspecified atom stereocenters. The molecule has 0 atom stereocenters. The number of thiophene rings is 1. The number of thioether (sulfide) groups is 1. The summed E-state index contributed by atoms with van der Waals surface area (Å²) < 4.78 is 36.7. The van der Waals surface area contributed by atoms with Crippen LogP contribution in [-0.2, 0) is 21.7 Å². The van der Waals surface area contributed by atoms with Gasteiger partial charge < -0.3 is 15.6 Å². The molecule has 0 fully saturated rings. The number of aliphatic carboxylic acids is 1. The number of alkyl halides is 3. The fourth-order valence-corrected chi connectivity index (χ4v) is 4.15. The number of carboxylic acid groups (broad SMARTS) is 1. The number of fused-ring (bicyclic) bond motifs is 1. The molecule has 11 heteroatoms. The molecule has 0 saturated carbocycles. The topological polar surface area (TPSA) is 107 Å². The predicted molar refractivity (Wildman–Crippen MR) is 82.4 cm³/mol. The molecule has 3 N–H and O–H groups in total. The molecule has 24 heavy (non-hydrogen) atoms. The van der Waals surface area contributed by atoms with Crippen molar-refractivity contribution in [1.82, 2.24) is 0 Å². The van der Waals surface area contributed by atoms with Gasteiger partial charge in [0.2, 0.25) is 0 Å². The van der Waals surface area contributed by atoms with Gasteiger partial charge in [-0.3, -0.25) is 4.79 Å². The minimum absolute atomic E-state index is 0.302. The van der Waals surface area contributed by atoms with E-state index >= 15 is 0 Å². The van der Waals surface area contributed by atoms with Crippen molar-refractivity contribution in [3.05, 3.63) is 20.9 Å². The Morgan fingerprint density at radius 1 is 1.33 bits per heavy atom. The van der Waals surface area contributed by atoms with Crippen LogP contribution < -0.4 is 5.73 Å². The van der Waals surface area contributed by atoms with Crippen LogP contribution in [0.4, 0.5) is 13.2 Å². The van der Waals surface area contributed by atoms with Crippen molar-refractivity contribution in [3.63, 3.8) is 0 Å². The molecule has 134 valence electrons. The predicted octanol–water partition coefficient (Wildman–Crippen LogP) is 2.45. The number of nitrogens with two attached hydrogens (primary N) is 1. The summed E-state index contributed by atoms with van der Waals surface area (Å²) in [4.78, 5) is 33.6. The van der Waals surface area contributed by atoms with Crippen LogP contribution in [0.1, 0.15) is 37.4 Å². The Bertz CT molecular complexity index is 642. The van der Waals surface area contributed by atoms with Crippen LogP contribution in [-0.4, -0.2) is 41.5 Å². The monoisotopic (exact) mass is 385 g/mol. The maximum Gasteiger partial charge on any atom is 0.490 e. The fourth-order valence-electron chi connectivity index (χ4n) is 1.83. The second-order valence-corrected chi connectivity index (χ2v) is 6.61. The smallest absolute Gasteiger partial charge is 0.475 e. The summed E-state index contributed by atoms with van der Waals surface area (Å²) in [5, 5.41) is 7.12. The number of carbonyl (C=O) groups excluding carboxylic acids is 2. The number of hydrogen-bond acceptors (Lipinski definition) is 6. The summed E-state index contributed by atoms with van der Waals surface area (Å²) >= 11 is 3.13. The third kappa shape index (κ3) is 5.13. The molecule has 1 amide bonds. The highest BCUT2D eigenvalue weighted by molar-refractivity contribution is 7.98. The lowest BCUT2D eigenvalue weighted by Gasteiger charge is -2.11. The normalized spacial score (nSPS) is 13.3. The van der Waals surface area contributed by atoms with Crippen LogP contribution in [0.5, 0.6) is 0 Å². The number of ether oxygens (including phenoxy) is 1. The first-order chi connectivity index (χ1) is 11.1. The van der Waals surface area contributed by atoms with E-state index in [0.717, 1.165) is 28.4 Å². The Labute approximate surface area is 143 Å². The molecule has 1 aliphatic heterocycles. The molecule has 1 aromatic heterocycles. The second kappa shape index (κ2) is 8.38. The molecular weight excluding hydrogens is 371 g/mol. The average molecular weight is 385 g/mol. The van der Waals surface area contributed by atoms with Gasteiger partial charge in [-0.15, -0.1) is 11.3 Å². The van der Waals surface area contributed by atoms with Gasteiger partial charge >= 0.3 is 18.1 Å². The largest absolute Gasteiger partial charge is 0.490 e. The zero-order valence-electron chi connectivity index (χ0n) is 12.4. The average Bonchev–Trinajstić information content (AvgIpc) is 2.86. The maximum absolute atomic E-state index is 11.9. The van der Waals surface area contributed by atoms with E-state index in [4.69, 9.17) is 20.4 Å². The number of esters is 1. The number of rotatable bonds is 3. The van der Waals surface area contributed by atoms with Gasteiger partial charge in [0.05, 0.1) is 12.2 Å². The molecule has 6 nitrogen and oxygen atoms in total. The summed E-state index contributed by atoms with van der Waals surface area (Å²) in [5.74, 6) is -1.91. The van der Waals surface area contributed by atoms with E-state index in [1.54, 1.807) is 18.7 Å². The first kappa shape index (κ1) is 20.3. The van der Waals surface area contributed by atoms with E-state index < -0.39 is 24.0 Å². The highest BCUT2D eigenvalue weighted by atomic mass is 32.2. The van der Waals surface area contributed by atoms with Crippen LogP contribution in [0.2, 0.25) is 0 Å². The first-order valence-corrected chi connectivity index (χ1v) is 8.56. The lowest BCUT2D eigenvalue weighted by atomic mass is 10.1. The molecule has 2 heterocycles. The van der Waals surface area contributed by atoms with Crippen molar-refractivity contribution < 1.29 is 37.4 Å². The zero-order chi connectivity index (χ0) is 18.5. The SMILES string of the molecule is CCOC(=O)c1c(C(N)=O)sc2c1CCSC2.O=C(O)C(F)(F)F. The van der Waals surface area contributed by atoms with Crippen molar-refractivity contribution in [2.45, 2.75) is 25.3 Å². The van der Waals surface area contributed by atoms with E-state index in [0.29, 0.717) is 17.0 Å². The highest BCUT2D eigenvalue weighted by Gasteiger charge is 2.38. The third-order valence-corrected chi connectivity index (χ3v) is 5.18. The van der Waals surface area contributed by atoms with Crippen molar-refractivity contribution in [2.24, 2.45) is 5.73 Å². The molecule has 0 saturated heterocycles. The summed E-state index contributed by atoms with van der Waals surface area (Å²) in [6, 6.07) is 0. The summed E-state index contributed by atoms with van der Waals surface area (Å²) in [7, 11) is 0. The van der Waals surface area contributed by atoms with Gasteiger partial charge in [0.25, 0.3) is 5.91 Å². The van der Waals surface area contributed by atoms with Crippen molar-refractivity contribution in [1.29, 1.82) is 0 Å². The zero-order valence-corrected chi connectivity index (χ0v) is 14.1. The van der Waals surface area contributed by atoms with Gasteiger partial charge in [-0.2, -0.15) is 24.9 Å². The molecule has 2 rings (SSSR count). The van der Waals surface area contributed by atoms with Crippen LogP contribution >= 0.6 is 23.1 Å². The van der Waals surface area contributed by atoms with E-state index in [2.05, 4.69) is 0 Å². The Morgan fingerprint density at radius 3 is 2.38 bits per heavy atom. The van der Waals surface area contributed by atoms with Gasteiger partial charge in [-0.1, -0.05) is 0 Å². The first-order valence-electron chi connectivity index (χ1n) is 6.58. The molecule has 0 radical (unpaired) electrons. The van der Waals surface area contributed by atoms with Crippen LogP contribution in [0, 0.1) is 0 Å². The van der Waals surface area contributed by atoms with Crippen LogP contribution in [0.25, 0.3) is 0 Å². The van der Waals surface area contributed by atoms with E-state index in [1.165, 1.54) is 11.3 Å². The van der Waals surface area contributed by atoms with E-state index in [9.17, 15) is 22.8 Å². The van der Waals surface area contributed by atoms with Crippen molar-refractivity contribution >= 4 is 40.9 Å². The van der Waals surface area contributed by atoms with Gasteiger partial charge in [0.1, 0.15) is 4.88 Å². The minimum Gasteiger partial charge on any atom is -0.475 e. The minimum atomic E-state index is -5.08. The Balaban J connectivity index is 0.000000351. The van der Waals surface area contributed by atoms with Crippen molar-refractivity contribution in [3.8, 4) is 0 Å². The van der Waals surface area contributed by atoms with E-state index in [-0.39, 0.29) is 0 Å². The molecule has 0 spiro atoms. The highest BCUT2D eigenvalue weighted by Crippen LogP contribution is 2.36. The van der Waals surface area contributed by atoms with Gasteiger partial charge in [-0.05, 0) is 24.7 Å².